The van der Waals surface area contributed by atoms with Crippen molar-refractivity contribution in [3.8, 4) is 5.75 Å². The molecule has 2 aromatic heterocycles. The number of fused-ring (bicyclic) bond motifs is 1. The zero-order chi connectivity index (χ0) is 27.5. The van der Waals surface area contributed by atoms with Crippen LogP contribution in [-0.2, 0) is 19.8 Å². The summed E-state index contributed by atoms with van der Waals surface area (Å²) in [6.45, 7) is 0.389. The van der Waals surface area contributed by atoms with Crippen LogP contribution in [-0.4, -0.2) is 52.6 Å². The second-order valence-corrected chi connectivity index (χ2v) is 9.99. The van der Waals surface area contributed by atoms with Gasteiger partial charge in [0.05, 0.1) is 32.3 Å². The highest BCUT2D eigenvalue weighted by molar-refractivity contribution is 5.81. The summed E-state index contributed by atoms with van der Waals surface area (Å²) < 4.78 is 26.5. The Balaban J connectivity index is 1.32. The molecule has 1 fully saturated rings. The van der Waals surface area contributed by atoms with Gasteiger partial charge in [-0.15, -0.1) is 0 Å². The molecule has 40 heavy (non-hydrogen) atoms. The first-order valence-corrected chi connectivity index (χ1v) is 13.5. The highest BCUT2D eigenvalue weighted by Gasteiger charge is 2.41. The first-order chi connectivity index (χ1) is 19.6. The van der Waals surface area contributed by atoms with Crippen molar-refractivity contribution >= 4 is 17.0 Å². The molecule has 2 unspecified atom stereocenters. The molecule has 0 saturated carbocycles. The Bertz CT molecular complexity index is 1520. The Morgan fingerprint density at radius 3 is 2.52 bits per heavy atom. The van der Waals surface area contributed by atoms with Gasteiger partial charge in [0, 0.05) is 7.11 Å². The molecule has 1 aliphatic heterocycles. The maximum absolute atomic E-state index is 7.04. The Morgan fingerprint density at radius 2 is 1.80 bits per heavy atom. The molecular weight excluding hydrogens is 506 g/mol. The van der Waals surface area contributed by atoms with E-state index in [1.54, 1.807) is 20.5 Å². The van der Waals surface area contributed by atoms with Gasteiger partial charge in [0.2, 0.25) is 0 Å². The van der Waals surface area contributed by atoms with E-state index in [9.17, 15) is 0 Å². The number of nitrogen functional groups attached to an aromatic ring is 1. The van der Waals surface area contributed by atoms with E-state index in [2.05, 4.69) is 57.4 Å². The predicted octanol–water partition coefficient (Wildman–Crippen LogP) is 4.96. The lowest BCUT2D eigenvalue weighted by Crippen LogP contribution is -2.37. The second kappa shape index (κ2) is 11.2. The zero-order valence-electron chi connectivity index (χ0n) is 22.6. The van der Waals surface area contributed by atoms with E-state index in [0.717, 1.165) is 41.7 Å². The Kier molecular flexibility index (Phi) is 7.34. The van der Waals surface area contributed by atoms with Crippen molar-refractivity contribution in [2.75, 3.05) is 26.6 Å². The fourth-order valence-corrected chi connectivity index (χ4v) is 5.60. The maximum atomic E-state index is 7.04. The van der Waals surface area contributed by atoms with Crippen molar-refractivity contribution in [3.05, 3.63) is 102 Å². The van der Waals surface area contributed by atoms with Crippen LogP contribution in [0.4, 0.5) is 5.82 Å². The molecule has 0 bridgehead atoms. The van der Waals surface area contributed by atoms with Crippen molar-refractivity contribution in [2.24, 2.45) is 0 Å². The average molecular weight is 540 g/mol. The minimum Gasteiger partial charge on any atom is -0.497 e. The smallest absolute Gasteiger partial charge is 0.167 e. The largest absolute Gasteiger partial charge is 0.497 e. The summed E-state index contributed by atoms with van der Waals surface area (Å²) in [6.07, 6.45) is 11.7. The first-order valence-electron chi connectivity index (χ1n) is 13.5. The summed E-state index contributed by atoms with van der Waals surface area (Å²) in [7, 11) is 3.40. The van der Waals surface area contributed by atoms with Crippen molar-refractivity contribution in [3.63, 3.8) is 0 Å². The number of rotatable bonds is 9. The monoisotopic (exact) mass is 539 g/mol. The van der Waals surface area contributed by atoms with Crippen LogP contribution in [0.15, 0.2) is 91.1 Å². The van der Waals surface area contributed by atoms with Gasteiger partial charge in [-0.05, 0) is 48.1 Å². The summed E-state index contributed by atoms with van der Waals surface area (Å²) >= 11 is 0. The van der Waals surface area contributed by atoms with Crippen LogP contribution in [0.2, 0.25) is 0 Å². The van der Waals surface area contributed by atoms with Crippen LogP contribution >= 0.6 is 0 Å². The van der Waals surface area contributed by atoms with E-state index in [-0.39, 0.29) is 18.4 Å². The molecule has 1 aliphatic carbocycles. The molecule has 0 spiro atoms. The molecule has 0 amide bonds. The number of anilines is 1. The summed E-state index contributed by atoms with van der Waals surface area (Å²) in [6, 6.07) is 18.4. The lowest BCUT2D eigenvalue weighted by atomic mass is 9.77. The number of nitrogens with two attached hydrogens (primary N) is 1. The number of methoxy groups -OCH3 is 2. The van der Waals surface area contributed by atoms with E-state index in [0.29, 0.717) is 23.6 Å². The molecule has 3 heterocycles. The van der Waals surface area contributed by atoms with Crippen molar-refractivity contribution in [1.82, 2.24) is 19.5 Å². The summed E-state index contributed by atoms with van der Waals surface area (Å²) in [4.78, 5) is 12.8. The van der Waals surface area contributed by atoms with Gasteiger partial charge in [0.1, 0.15) is 29.4 Å². The van der Waals surface area contributed by atoms with Crippen LogP contribution in [0.5, 0.6) is 5.75 Å². The molecule has 1 saturated heterocycles. The Morgan fingerprint density at radius 1 is 1.00 bits per heavy atom. The zero-order valence-corrected chi connectivity index (χ0v) is 22.6. The second-order valence-electron chi connectivity index (χ2n) is 9.99. The van der Waals surface area contributed by atoms with E-state index in [1.807, 2.05) is 34.9 Å². The van der Waals surface area contributed by atoms with Crippen LogP contribution in [0.1, 0.15) is 36.6 Å². The molecule has 9 nitrogen and oxygen atoms in total. The fourth-order valence-electron chi connectivity index (χ4n) is 5.60. The van der Waals surface area contributed by atoms with E-state index in [4.69, 9.17) is 24.7 Å². The van der Waals surface area contributed by atoms with Crippen LogP contribution in [0, 0.1) is 0 Å². The normalized spacial score (nSPS) is 22.2. The quantitative estimate of drug-likeness (QED) is 0.318. The van der Waals surface area contributed by atoms with Gasteiger partial charge in [0.25, 0.3) is 0 Å². The summed E-state index contributed by atoms with van der Waals surface area (Å²) in [5.74, 6) is 1.15. The summed E-state index contributed by atoms with van der Waals surface area (Å²) in [5, 5.41) is 0. The SMILES string of the molecule is COc1ccc(C(OC[C@@H]2CC[C@H](n3cnc4c(N)ncnc43)O2)(C2=CCC(OC)C=C2)c2ccccc2)cc1. The number of hydrogen-bond acceptors (Lipinski definition) is 8. The first kappa shape index (κ1) is 26.2. The number of benzene rings is 2. The van der Waals surface area contributed by atoms with Crippen molar-refractivity contribution < 1.29 is 18.9 Å². The maximum Gasteiger partial charge on any atom is 0.167 e. The molecule has 4 aromatic rings. The van der Waals surface area contributed by atoms with Crippen LogP contribution in [0.3, 0.4) is 0 Å². The lowest BCUT2D eigenvalue weighted by molar-refractivity contribution is -0.0761. The van der Waals surface area contributed by atoms with Gasteiger partial charge < -0.3 is 24.7 Å². The number of ether oxygens (including phenoxy) is 4. The Labute approximate surface area is 233 Å². The Hall–Kier alpha value is -4.05. The minimum absolute atomic E-state index is 0.0369. The van der Waals surface area contributed by atoms with Gasteiger partial charge in [-0.25, -0.2) is 15.0 Å². The van der Waals surface area contributed by atoms with E-state index >= 15 is 0 Å². The standard InChI is InChI=1S/C31H33N5O4/c1-37-24-12-8-22(9-13-24)31(21-6-4-3-5-7-21,23-10-14-25(38-2)15-11-23)39-18-26-16-17-27(40-26)36-20-35-28-29(32)33-19-34-30(28)36/h3-14,19-20,25-27H,15-18H2,1-2H3,(H2,32,33,34)/t25?,26-,27+,31?/m0/s1. The average Bonchev–Trinajstić information content (AvgIpc) is 3.67. The van der Waals surface area contributed by atoms with Crippen molar-refractivity contribution in [2.45, 2.75) is 43.3 Å². The van der Waals surface area contributed by atoms with Crippen LogP contribution < -0.4 is 10.5 Å². The fraction of sp³-hybridized carbons (Fsp3) is 0.323. The molecule has 9 heteroatoms. The topological polar surface area (TPSA) is 107 Å². The van der Waals surface area contributed by atoms with Gasteiger partial charge >= 0.3 is 0 Å². The molecule has 0 radical (unpaired) electrons. The third kappa shape index (κ3) is 4.77. The number of aromatic nitrogens is 4. The highest BCUT2D eigenvalue weighted by Crippen LogP contribution is 2.44. The number of nitrogens with zero attached hydrogens (tertiary/aromatic N) is 4. The van der Waals surface area contributed by atoms with Crippen molar-refractivity contribution in [1.29, 1.82) is 0 Å². The molecule has 206 valence electrons. The van der Waals surface area contributed by atoms with Gasteiger partial charge in [-0.3, -0.25) is 4.57 Å². The van der Waals surface area contributed by atoms with Gasteiger partial charge in [-0.2, -0.15) is 0 Å². The van der Waals surface area contributed by atoms with E-state index in [1.165, 1.54) is 6.33 Å². The lowest BCUT2D eigenvalue weighted by Gasteiger charge is -2.38. The summed E-state index contributed by atoms with van der Waals surface area (Å²) in [5.41, 5.74) is 9.49. The highest BCUT2D eigenvalue weighted by atomic mass is 16.6. The molecule has 6 rings (SSSR count). The molecule has 2 N–H and O–H groups in total. The molecular formula is C31H33N5O4. The molecule has 4 atom stereocenters. The van der Waals surface area contributed by atoms with Gasteiger partial charge in [-0.1, -0.05) is 60.7 Å². The molecule has 2 aromatic carbocycles. The molecule has 2 aliphatic rings. The predicted molar refractivity (Wildman–Crippen MR) is 152 cm³/mol. The third-order valence-corrected chi connectivity index (χ3v) is 7.71. The number of imidazole rings is 1. The minimum atomic E-state index is -0.854. The number of hydrogen-bond donors (Lipinski definition) is 1. The third-order valence-electron chi connectivity index (χ3n) is 7.71. The van der Waals surface area contributed by atoms with Crippen LogP contribution in [0.25, 0.3) is 11.2 Å². The van der Waals surface area contributed by atoms with Gasteiger partial charge in [0.15, 0.2) is 11.5 Å². The van der Waals surface area contributed by atoms with E-state index < -0.39 is 5.60 Å².